The Morgan fingerprint density at radius 2 is 0.938 bits per heavy atom. The Hall–Kier alpha value is -1.14. The van der Waals surface area contributed by atoms with Crippen LogP contribution in [0.1, 0.15) is 117 Å². The first kappa shape index (κ1) is 27.1. The molecule has 2 fully saturated rings. The molecule has 0 spiro atoms. The van der Waals surface area contributed by atoms with Gasteiger partial charge in [0.05, 0.1) is 13.2 Å². The first-order chi connectivity index (χ1) is 15.7. The summed E-state index contributed by atoms with van der Waals surface area (Å²) >= 11 is 0. The minimum atomic E-state index is -0.399. The third-order valence-electron chi connectivity index (χ3n) is 6.50. The predicted molar refractivity (Wildman–Crippen MR) is 124 cm³/mol. The van der Waals surface area contributed by atoms with Crippen LogP contribution >= 0.6 is 0 Å². The Morgan fingerprint density at radius 3 is 1.31 bits per heavy atom. The van der Waals surface area contributed by atoms with Crippen molar-refractivity contribution in [2.24, 2.45) is 0 Å². The van der Waals surface area contributed by atoms with Crippen LogP contribution in [0.2, 0.25) is 0 Å². The van der Waals surface area contributed by atoms with Crippen molar-refractivity contribution in [3.63, 3.8) is 0 Å². The highest BCUT2D eigenvalue weighted by molar-refractivity contribution is 5.70. The van der Waals surface area contributed by atoms with E-state index in [0.29, 0.717) is 26.1 Å². The van der Waals surface area contributed by atoms with Gasteiger partial charge in [0.25, 0.3) is 0 Å². The molecule has 0 saturated carbocycles. The molecule has 2 heterocycles. The van der Waals surface area contributed by atoms with Gasteiger partial charge in [0.1, 0.15) is 12.2 Å². The topological polar surface area (TPSA) is 71.1 Å². The Kier molecular flexibility index (Phi) is 14.0. The van der Waals surface area contributed by atoms with Crippen LogP contribution in [-0.4, -0.2) is 49.6 Å². The molecule has 2 aliphatic heterocycles. The molecule has 0 aromatic rings. The lowest BCUT2D eigenvalue weighted by Crippen LogP contribution is -2.35. The lowest BCUT2D eigenvalue weighted by atomic mass is 10.1. The Morgan fingerprint density at radius 1 is 0.594 bits per heavy atom. The third-order valence-corrected chi connectivity index (χ3v) is 6.50. The van der Waals surface area contributed by atoms with Gasteiger partial charge in [0.2, 0.25) is 0 Å². The highest BCUT2D eigenvalue weighted by Gasteiger charge is 2.51. The number of hydrogen-bond donors (Lipinski definition) is 0. The molecule has 4 atom stereocenters. The average molecular weight is 455 g/mol. The number of ether oxygens (including phenoxy) is 4. The van der Waals surface area contributed by atoms with E-state index >= 15 is 0 Å². The molecule has 0 bridgehead atoms. The first-order valence-electron chi connectivity index (χ1n) is 13.3. The van der Waals surface area contributed by atoms with Gasteiger partial charge in [-0.3, -0.25) is 9.59 Å². The second-order valence-corrected chi connectivity index (χ2v) is 9.40. The molecule has 0 N–H and O–H groups in total. The molecule has 0 amide bonds. The van der Waals surface area contributed by atoms with Crippen molar-refractivity contribution in [2.75, 3.05) is 13.2 Å². The lowest BCUT2D eigenvalue weighted by Gasteiger charge is -2.17. The van der Waals surface area contributed by atoms with E-state index in [4.69, 9.17) is 18.9 Å². The summed E-state index contributed by atoms with van der Waals surface area (Å²) in [5.41, 5.74) is 0. The summed E-state index contributed by atoms with van der Waals surface area (Å²) < 4.78 is 22.8. The van der Waals surface area contributed by atoms with Gasteiger partial charge in [-0.2, -0.15) is 0 Å². The van der Waals surface area contributed by atoms with E-state index < -0.39 is 12.2 Å². The van der Waals surface area contributed by atoms with Gasteiger partial charge in [0.15, 0.2) is 12.2 Å². The van der Waals surface area contributed by atoms with Crippen LogP contribution in [-0.2, 0) is 28.5 Å². The number of rotatable bonds is 18. The zero-order valence-electron chi connectivity index (χ0n) is 20.5. The number of carbonyl (C=O) groups is 2. The summed E-state index contributed by atoms with van der Waals surface area (Å²) in [5, 5.41) is 0. The summed E-state index contributed by atoms with van der Waals surface area (Å²) in [6.45, 7) is 5.05. The Bertz CT molecular complexity index is 476. The monoisotopic (exact) mass is 454 g/mol. The van der Waals surface area contributed by atoms with Crippen molar-refractivity contribution in [2.45, 2.75) is 141 Å². The molecule has 6 heteroatoms. The van der Waals surface area contributed by atoms with Crippen LogP contribution in [0.3, 0.4) is 0 Å². The van der Waals surface area contributed by atoms with E-state index in [9.17, 15) is 9.59 Å². The summed E-state index contributed by atoms with van der Waals surface area (Å²) in [7, 11) is 0. The molecule has 0 aliphatic carbocycles. The number of carbonyl (C=O) groups excluding carboxylic acids is 2. The van der Waals surface area contributed by atoms with Crippen molar-refractivity contribution in [1.82, 2.24) is 0 Å². The maximum Gasteiger partial charge on any atom is 0.306 e. The van der Waals surface area contributed by atoms with E-state index in [2.05, 4.69) is 13.8 Å². The number of unbranched alkanes of at least 4 members (excludes halogenated alkanes) is 12. The van der Waals surface area contributed by atoms with Crippen LogP contribution in [0.5, 0.6) is 0 Å². The van der Waals surface area contributed by atoms with E-state index in [0.717, 1.165) is 25.7 Å². The summed E-state index contributed by atoms with van der Waals surface area (Å²) in [5.74, 6) is -0.369. The summed E-state index contributed by atoms with van der Waals surface area (Å²) in [6, 6.07) is 0. The van der Waals surface area contributed by atoms with Crippen LogP contribution in [0.4, 0.5) is 0 Å². The van der Waals surface area contributed by atoms with Crippen molar-refractivity contribution in [1.29, 1.82) is 0 Å². The average Bonchev–Trinajstić information content (AvgIpc) is 3.36. The van der Waals surface area contributed by atoms with Crippen molar-refractivity contribution in [3.8, 4) is 0 Å². The molecular weight excluding hydrogens is 408 g/mol. The number of fused-ring (bicyclic) bond motifs is 1. The normalized spacial score (nSPS) is 24.4. The highest BCUT2D eigenvalue weighted by Crippen LogP contribution is 2.31. The second-order valence-electron chi connectivity index (χ2n) is 9.40. The third kappa shape index (κ3) is 10.2. The molecule has 0 unspecified atom stereocenters. The maximum atomic E-state index is 12.2. The van der Waals surface area contributed by atoms with E-state index in [1.807, 2.05) is 0 Å². The Labute approximate surface area is 195 Å². The molecule has 0 aromatic heterocycles. The fourth-order valence-corrected chi connectivity index (χ4v) is 4.54. The van der Waals surface area contributed by atoms with Gasteiger partial charge in [-0.05, 0) is 12.8 Å². The minimum absolute atomic E-state index is 0.184. The largest absolute Gasteiger partial charge is 0.457 e. The maximum absolute atomic E-state index is 12.2. The SMILES string of the molecule is CCCCCCCCCC(=O)O[C@H]1CO[C@H]2[C@@H]1OC[C@H]2OC(=O)CCCCCCCCC. The fourth-order valence-electron chi connectivity index (χ4n) is 4.54. The van der Waals surface area contributed by atoms with Crippen molar-refractivity contribution >= 4 is 11.9 Å². The molecular formula is C26H46O6. The van der Waals surface area contributed by atoms with Crippen molar-refractivity contribution in [3.05, 3.63) is 0 Å². The molecule has 6 nitrogen and oxygen atoms in total. The fraction of sp³-hybridized carbons (Fsp3) is 0.923. The van der Waals surface area contributed by atoms with Crippen LogP contribution in [0.25, 0.3) is 0 Å². The van der Waals surface area contributed by atoms with Crippen LogP contribution in [0.15, 0.2) is 0 Å². The summed E-state index contributed by atoms with van der Waals surface area (Å²) in [6.07, 6.45) is 15.8. The van der Waals surface area contributed by atoms with E-state index in [1.165, 1.54) is 64.2 Å². The minimum Gasteiger partial charge on any atom is -0.457 e. The lowest BCUT2D eigenvalue weighted by molar-refractivity contribution is -0.155. The zero-order valence-corrected chi connectivity index (χ0v) is 20.5. The Balaban J connectivity index is 1.55. The molecule has 0 radical (unpaired) electrons. The van der Waals surface area contributed by atoms with Gasteiger partial charge in [-0.1, -0.05) is 90.9 Å². The molecule has 2 saturated heterocycles. The standard InChI is InChI=1S/C26H46O6/c1-3-5-7-9-11-13-15-17-23(27)31-21-19-29-26-22(20-30-25(21)26)32-24(28)18-16-14-12-10-8-6-4-2/h21-22,25-26H,3-20H2,1-2H3/t21-,22+,25-,26-/m1/s1. The van der Waals surface area contributed by atoms with E-state index in [-0.39, 0.29) is 24.1 Å². The van der Waals surface area contributed by atoms with Gasteiger partial charge in [-0.15, -0.1) is 0 Å². The molecule has 0 aromatic carbocycles. The van der Waals surface area contributed by atoms with E-state index in [1.54, 1.807) is 0 Å². The predicted octanol–water partition coefficient (Wildman–Crippen LogP) is 5.89. The second kappa shape index (κ2) is 16.5. The summed E-state index contributed by atoms with van der Waals surface area (Å²) in [4.78, 5) is 24.4. The smallest absolute Gasteiger partial charge is 0.306 e. The van der Waals surface area contributed by atoms with Crippen LogP contribution in [0, 0.1) is 0 Å². The van der Waals surface area contributed by atoms with Gasteiger partial charge < -0.3 is 18.9 Å². The van der Waals surface area contributed by atoms with Gasteiger partial charge >= 0.3 is 11.9 Å². The molecule has 32 heavy (non-hydrogen) atoms. The number of hydrogen-bond acceptors (Lipinski definition) is 6. The molecule has 2 aliphatic rings. The molecule has 2 rings (SSSR count). The highest BCUT2D eigenvalue weighted by atomic mass is 16.7. The zero-order chi connectivity index (χ0) is 23.0. The molecule has 186 valence electrons. The van der Waals surface area contributed by atoms with Crippen molar-refractivity contribution < 1.29 is 28.5 Å². The van der Waals surface area contributed by atoms with Crippen LogP contribution < -0.4 is 0 Å². The first-order valence-corrected chi connectivity index (χ1v) is 13.3. The number of esters is 2. The van der Waals surface area contributed by atoms with Gasteiger partial charge in [0, 0.05) is 12.8 Å². The quantitative estimate of drug-likeness (QED) is 0.190. The van der Waals surface area contributed by atoms with Gasteiger partial charge in [-0.25, -0.2) is 0 Å².